The van der Waals surface area contributed by atoms with Crippen LogP contribution in [0.3, 0.4) is 0 Å². The van der Waals surface area contributed by atoms with Gasteiger partial charge in [0.05, 0.1) is 19.3 Å². The van der Waals surface area contributed by atoms with Crippen LogP contribution < -0.4 is 4.74 Å². The topological polar surface area (TPSA) is 53.1 Å². The average molecular weight is 309 g/mol. The van der Waals surface area contributed by atoms with Crippen molar-refractivity contribution in [2.45, 2.75) is 25.8 Å². The first-order valence-electron chi connectivity index (χ1n) is 7.90. The Morgan fingerprint density at radius 3 is 3.00 bits per heavy atom. The Morgan fingerprint density at radius 1 is 1.35 bits per heavy atom. The highest BCUT2D eigenvalue weighted by Crippen LogP contribution is 2.36. The van der Waals surface area contributed by atoms with Gasteiger partial charge in [0.1, 0.15) is 5.75 Å². The van der Waals surface area contributed by atoms with Crippen LogP contribution in [0.15, 0.2) is 47.5 Å². The minimum Gasteiger partial charge on any atom is -0.496 e. The van der Waals surface area contributed by atoms with E-state index in [0.29, 0.717) is 6.54 Å². The van der Waals surface area contributed by atoms with E-state index in [1.165, 1.54) is 12.8 Å². The van der Waals surface area contributed by atoms with E-state index in [1.54, 1.807) is 19.7 Å². The second-order valence-corrected chi connectivity index (χ2v) is 6.01. The third-order valence-electron chi connectivity index (χ3n) is 4.25. The third-order valence-corrected chi connectivity index (χ3v) is 4.25. The lowest BCUT2D eigenvalue weighted by molar-refractivity contribution is 0.407. The number of rotatable bonds is 6. The van der Waals surface area contributed by atoms with E-state index >= 15 is 0 Å². The fraction of sp³-hybridized carbons (Fsp3) is 0.333. The first kappa shape index (κ1) is 14.1. The van der Waals surface area contributed by atoms with Crippen LogP contribution in [-0.4, -0.2) is 21.9 Å². The zero-order valence-electron chi connectivity index (χ0n) is 13.1. The quantitative estimate of drug-likeness (QED) is 0.699. The van der Waals surface area contributed by atoms with Crippen LogP contribution in [0.5, 0.6) is 5.75 Å². The van der Waals surface area contributed by atoms with Crippen molar-refractivity contribution < 1.29 is 9.15 Å². The van der Waals surface area contributed by atoms with E-state index in [4.69, 9.17) is 9.15 Å². The maximum absolute atomic E-state index is 5.67. The highest BCUT2D eigenvalue weighted by Gasteiger charge is 2.25. The van der Waals surface area contributed by atoms with Gasteiger partial charge in [-0.05, 0) is 49.4 Å². The zero-order chi connectivity index (χ0) is 15.6. The lowest BCUT2D eigenvalue weighted by Crippen LogP contribution is -2.02. The third kappa shape index (κ3) is 2.99. The Labute approximate surface area is 134 Å². The van der Waals surface area contributed by atoms with Gasteiger partial charge in [0.25, 0.3) is 0 Å². The fourth-order valence-corrected chi connectivity index (χ4v) is 2.86. The number of aromatic nitrogens is 3. The minimum absolute atomic E-state index is 0.663. The molecule has 1 fully saturated rings. The molecule has 0 saturated heterocycles. The van der Waals surface area contributed by atoms with Crippen molar-refractivity contribution in [2.24, 2.45) is 5.92 Å². The van der Waals surface area contributed by atoms with E-state index in [1.807, 2.05) is 29.1 Å². The molecule has 3 aromatic rings. The van der Waals surface area contributed by atoms with Gasteiger partial charge in [0.15, 0.2) is 12.2 Å². The number of ether oxygens (including phenoxy) is 1. The summed E-state index contributed by atoms with van der Waals surface area (Å²) in [6.07, 6.45) is 8.88. The summed E-state index contributed by atoms with van der Waals surface area (Å²) < 4.78 is 13.0. The van der Waals surface area contributed by atoms with Gasteiger partial charge in [-0.3, -0.25) is 4.68 Å². The van der Waals surface area contributed by atoms with E-state index in [9.17, 15) is 0 Å². The molecule has 5 heteroatoms. The van der Waals surface area contributed by atoms with Gasteiger partial charge in [0, 0.05) is 23.5 Å². The van der Waals surface area contributed by atoms with Crippen LogP contribution in [0.4, 0.5) is 0 Å². The molecular weight excluding hydrogens is 290 g/mol. The minimum atomic E-state index is 0.663. The standard InChI is InChI=1S/C18H19N3O2/c1-22-17-6-5-14(10-15(17)11-21-8-2-7-20-21)18-16(19-12-23-18)9-13-3-4-13/h2,5-8,10,12-13H,3-4,9,11H2,1H3. The molecule has 2 heterocycles. The SMILES string of the molecule is COc1ccc(-c2ocnc2CC2CC2)cc1Cn1cccn1. The Hall–Kier alpha value is -2.56. The number of benzene rings is 1. The highest BCUT2D eigenvalue weighted by atomic mass is 16.5. The fourth-order valence-electron chi connectivity index (χ4n) is 2.86. The van der Waals surface area contributed by atoms with Gasteiger partial charge >= 0.3 is 0 Å². The molecule has 0 amide bonds. The largest absolute Gasteiger partial charge is 0.496 e. The number of methoxy groups -OCH3 is 1. The predicted molar refractivity (Wildman–Crippen MR) is 86.2 cm³/mol. The van der Waals surface area contributed by atoms with Gasteiger partial charge < -0.3 is 9.15 Å². The van der Waals surface area contributed by atoms with Crippen molar-refractivity contribution in [1.29, 1.82) is 0 Å². The molecule has 2 aromatic heterocycles. The monoisotopic (exact) mass is 309 g/mol. The molecule has 1 aliphatic rings. The van der Waals surface area contributed by atoms with E-state index in [-0.39, 0.29) is 0 Å². The summed E-state index contributed by atoms with van der Waals surface area (Å²) in [6.45, 7) is 0.663. The zero-order valence-corrected chi connectivity index (χ0v) is 13.1. The van der Waals surface area contributed by atoms with Crippen molar-refractivity contribution in [3.05, 3.63) is 54.3 Å². The lowest BCUT2D eigenvalue weighted by atomic mass is 10.0. The van der Waals surface area contributed by atoms with Gasteiger partial charge in [-0.1, -0.05) is 0 Å². The van der Waals surface area contributed by atoms with E-state index in [2.05, 4.69) is 16.1 Å². The molecule has 4 rings (SSSR count). The molecule has 1 saturated carbocycles. The normalized spacial score (nSPS) is 14.1. The molecule has 0 N–H and O–H groups in total. The molecule has 0 unspecified atom stereocenters. The molecule has 0 radical (unpaired) electrons. The molecule has 0 bridgehead atoms. The molecule has 0 aliphatic heterocycles. The Bertz CT molecular complexity index is 788. The smallest absolute Gasteiger partial charge is 0.181 e. The van der Waals surface area contributed by atoms with Gasteiger partial charge in [-0.15, -0.1) is 0 Å². The Morgan fingerprint density at radius 2 is 2.26 bits per heavy atom. The molecular formula is C18H19N3O2. The number of nitrogens with zero attached hydrogens (tertiary/aromatic N) is 3. The van der Waals surface area contributed by atoms with Crippen molar-refractivity contribution in [1.82, 2.24) is 14.8 Å². The van der Waals surface area contributed by atoms with Gasteiger partial charge in [-0.2, -0.15) is 5.10 Å². The van der Waals surface area contributed by atoms with Crippen LogP contribution in [-0.2, 0) is 13.0 Å². The molecule has 0 spiro atoms. The molecule has 1 aliphatic carbocycles. The molecule has 23 heavy (non-hydrogen) atoms. The van der Waals surface area contributed by atoms with Crippen LogP contribution in [0.1, 0.15) is 24.1 Å². The summed E-state index contributed by atoms with van der Waals surface area (Å²) in [4.78, 5) is 4.41. The molecule has 5 nitrogen and oxygen atoms in total. The maximum Gasteiger partial charge on any atom is 0.181 e. The number of hydrogen-bond donors (Lipinski definition) is 0. The van der Waals surface area contributed by atoms with Crippen LogP contribution in [0.2, 0.25) is 0 Å². The molecule has 1 aromatic carbocycles. The summed E-state index contributed by atoms with van der Waals surface area (Å²) in [6, 6.07) is 8.04. The highest BCUT2D eigenvalue weighted by molar-refractivity contribution is 5.62. The number of hydrogen-bond acceptors (Lipinski definition) is 4. The first-order valence-corrected chi connectivity index (χ1v) is 7.90. The lowest BCUT2D eigenvalue weighted by Gasteiger charge is -2.11. The summed E-state index contributed by atoms with van der Waals surface area (Å²) in [5.41, 5.74) is 3.17. The molecule has 118 valence electrons. The Kier molecular flexibility index (Phi) is 3.61. The van der Waals surface area contributed by atoms with Crippen molar-refractivity contribution in [3.63, 3.8) is 0 Å². The average Bonchev–Trinajstić information content (AvgIpc) is 3.03. The summed E-state index contributed by atoms with van der Waals surface area (Å²) >= 11 is 0. The maximum atomic E-state index is 5.67. The van der Waals surface area contributed by atoms with Crippen LogP contribution >= 0.6 is 0 Å². The second-order valence-electron chi connectivity index (χ2n) is 6.01. The van der Waals surface area contributed by atoms with E-state index in [0.717, 1.165) is 40.7 Å². The molecule has 0 atom stereocenters. The first-order chi connectivity index (χ1) is 11.3. The Balaban J connectivity index is 1.67. The summed E-state index contributed by atoms with van der Waals surface area (Å²) in [5, 5.41) is 4.27. The van der Waals surface area contributed by atoms with Gasteiger partial charge in [0.2, 0.25) is 0 Å². The summed E-state index contributed by atoms with van der Waals surface area (Å²) in [7, 11) is 1.69. The van der Waals surface area contributed by atoms with Crippen molar-refractivity contribution in [3.8, 4) is 17.1 Å². The van der Waals surface area contributed by atoms with E-state index < -0.39 is 0 Å². The van der Waals surface area contributed by atoms with Gasteiger partial charge in [-0.25, -0.2) is 4.98 Å². The van der Waals surface area contributed by atoms with Crippen molar-refractivity contribution in [2.75, 3.05) is 7.11 Å². The second kappa shape index (κ2) is 5.91. The predicted octanol–water partition coefficient (Wildman–Crippen LogP) is 3.55. The summed E-state index contributed by atoms with van der Waals surface area (Å²) in [5.74, 6) is 2.51. The number of oxazole rings is 1. The van der Waals surface area contributed by atoms with Crippen LogP contribution in [0, 0.1) is 5.92 Å². The van der Waals surface area contributed by atoms with Crippen molar-refractivity contribution >= 4 is 0 Å². The van der Waals surface area contributed by atoms with Crippen LogP contribution in [0.25, 0.3) is 11.3 Å².